The SMILES string of the molecule is CCOc1ccc(NC(=O)Cc2c(Cl)cccc2Cl)cc1OCC. The number of amides is 1. The Balaban J connectivity index is 2.12. The van der Waals surface area contributed by atoms with Gasteiger partial charge in [-0.1, -0.05) is 29.3 Å². The van der Waals surface area contributed by atoms with Crippen LogP contribution in [0.4, 0.5) is 5.69 Å². The second kappa shape index (κ2) is 8.81. The zero-order valence-electron chi connectivity index (χ0n) is 13.6. The van der Waals surface area contributed by atoms with Crippen molar-refractivity contribution in [1.82, 2.24) is 0 Å². The first-order valence-corrected chi connectivity index (χ1v) is 8.43. The highest BCUT2D eigenvalue weighted by molar-refractivity contribution is 6.36. The first-order chi connectivity index (χ1) is 11.5. The maximum Gasteiger partial charge on any atom is 0.228 e. The Labute approximate surface area is 151 Å². The highest BCUT2D eigenvalue weighted by Gasteiger charge is 2.12. The Morgan fingerprint density at radius 1 is 1.00 bits per heavy atom. The number of rotatable bonds is 7. The molecule has 2 aromatic rings. The number of hydrogen-bond acceptors (Lipinski definition) is 3. The molecule has 0 aliphatic carbocycles. The number of carbonyl (C=O) groups is 1. The van der Waals surface area contributed by atoms with Crippen LogP contribution < -0.4 is 14.8 Å². The summed E-state index contributed by atoms with van der Waals surface area (Å²) < 4.78 is 11.1. The van der Waals surface area contributed by atoms with Crippen molar-refractivity contribution in [1.29, 1.82) is 0 Å². The molecule has 0 atom stereocenters. The Morgan fingerprint density at radius 3 is 2.25 bits per heavy atom. The van der Waals surface area contributed by atoms with Crippen LogP contribution in [0, 0.1) is 0 Å². The van der Waals surface area contributed by atoms with E-state index in [4.69, 9.17) is 32.7 Å². The molecule has 0 heterocycles. The van der Waals surface area contributed by atoms with Crippen molar-refractivity contribution in [3.8, 4) is 11.5 Å². The monoisotopic (exact) mass is 367 g/mol. The number of halogens is 2. The summed E-state index contributed by atoms with van der Waals surface area (Å²) in [6, 6.07) is 10.4. The van der Waals surface area contributed by atoms with Gasteiger partial charge in [0.2, 0.25) is 5.91 Å². The minimum Gasteiger partial charge on any atom is -0.490 e. The fourth-order valence-corrected chi connectivity index (χ4v) is 2.73. The van der Waals surface area contributed by atoms with Crippen molar-refractivity contribution in [2.75, 3.05) is 18.5 Å². The van der Waals surface area contributed by atoms with E-state index in [2.05, 4.69) is 5.32 Å². The minimum atomic E-state index is -0.211. The molecular formula is C18H19Cl2NO3. The lowest BCUT2D eigenvalue weighted by Gasteiger charge is -2.13. The summed E-state index contributed by atoms with van der Waals surface area (Å²) >= 11 is 12.2. The van der Waals surface area contributed by atoms with Crippen LogP contribution >= 0.6 is 23.2 Å². The molecule has 0 fully saturated rings. The van der Waals surface area contributed by atoms with E-state index in [1.165, 1.54) is 0 Å². The van der Waals surface area contributed by atoms with Crippen molar-refractivity contribution >= 4 is 34.8 Å². The van der Waals surface area contributed by atoms with Gasteiger partial charge in [-0.3, -0.25) is 4.79 Å². The molecule has 24 heavy (non-hydrogen) atoms. The molecule has 0 unspecified atom stereocenters. The molecule has 1 N–H and O–H groups in total. The molecule has 2 rings (SSSR count). The predicted molar refractivity (Wildman–Crippen MR) is 97.6 cm³/mol. The first kappa shape index (κ1) is 18.4. The van der Waals surface area contributed by atoms with Gasteiger partial charge in [0.25, 0.3) is 0 Å². The van der Waals surface area contributed by atoms with Gasteiger partial charge in [0.05, 0.1) is 19.6 Å². The van der Waals surface area contributed by atoms with Gasteiger partial charge in [0.1, 0.15) is 0 Å². The van der Waals surface area contributed by atoms with Crippen molar-refractivity contribution < 1.29 is 14.3 Å². The second-order valence-electron chi connectivity index (χ2n) is 4.95. The molecular weight excluding hydrogens is 349 g/mol. The van der Waals surface area contributed by atoms with Gasteiger partial charge in [-0.05, 0) is 43.7 Å². The van der Waals surface area contributed by atoms with Crippen LogP contribution in [-0.2, 0) is 11.2 Å². The third kappa shape index (κ3) is 4.79. The molecule has 0 aromatic heterocycles. The number of hydrogen-bond donors (Lipinski definition) is 1. The number of nitrogens with one attached hydrogen (secondary N) is 1. The quantitative estimate of drug-likeness (QED) is 0.751. The van der Waals surface area contributed by atoms with Crippen molar-refractivity contribution in [2.24, 2.45) is 0 Å². The predicted octanol–water partition coefficient (Wildman–Crippen LogP) is 4.97. The van der Waals surface area contributed by atoms with Gasteiger partial charge in [-0.2, -0.15) is 0 Å². The molecule has 0 radical (unpaired) electrons. The molecule has 0 saturated heterocycles. The lowest BCUT2D eigenvalue weighted by molar-refractivity contribution is -0.115. The summed E-state index contributed by atoms with van der Waals surface area (Å²) in [7, 11) is 0. The lowest BCUT2D eigenvalue weighted by atomic mass is 10.1. The summed E-state index contributed by atoms with van der Waals surface area (Å²) in [6.07, 6.45) is 0.0929. The summed E-state index contributed by atoms with van der Waals surface area (Å²) in [5, 5.41) is 3.76. The topological polar surface area (TPSA) is 47.6 Å². The van der Waals surface area contributed by atoms with Gasteiger partial charge < -0.3 is 14.8 Å². The van der Waals surface area contributed by atoms with Crippen LogP contribution in [-0.4, -0.2) is 19.1 Å². The summed E-state index contributed by atoms with van der Waals surface area (Å²) in [6.45, 7) is 4.84. The molecule has 0 aliphatic rings. The van der Waals surface area contributed by atoms with E-state index in [-0.39, 0.29) is 12.3 Å². The van der Waals surface area contributed by atoms with E-state index in [0.717, 1.165) is 0 Å². The smallest absolute Gasteiger partial charge is 0.228 e. The molecule has 4 nitrogen and oxygen atoms in total. The van der Waals surface area contributed by atoms with Gasteiger partial charge in [0, 0.05) is 21.8 Å². The molecule has 0 saturated carbocycles. The van der Waals surface area contributed by atoms with Gasteiger partial charge in [-0.25, -0.2) is 0 Å². The van der Waals surface area contributed by atoms with E-state index >= 15 is 0 Å². The Bertz CT molecular complexity index is 699. The number of ether oxygens (including phenoxy) is 2. The Morgan fingerprint density at radius 2 is 1.62 bits per heavy atom. The average molecular weight is 368 g/mol. The van der Waals surface area contributed by atoms with E-state index in [0.29, 0.717) is 46.0 Å². The normalized spacial score (nSPS) is 10.3. The van der Waals surface area contributed by atoms with Crippen LogP contribution in [0.2, 0.25) is 10.0 Å². The van der Waals surface area contributed by atoms with Crippen molar-refractivity contribution in [3.63, 3.8) is 0 Å². The molecule has 0 spiro atoms. The highest BCUT2D eigenvalue weighted by Crippen LogP contribution is 2.31. The molecule has 2 aromatic carbocycles. The van der Waals surface area contributed by atoms with Crippen LogP contribution in [0.5, 0.6) is 11.5 Å². The number of benzene rings is 2. The summed E-state index contributed by atoms with van der Waals surface area (Å²) in [5.74, 6) is 1.02. The van der Waals surface area contributed by atoms with Gasteiger partial charge in [0.15, 0.2) is 11.5 Å². The second-order valence-corrected chi connectivity index (χ2v) is 5.77. The fourth-order valence-electron chi connectivity index (χ4n) is 2.20. The number of anilines is 1. The van der Waals surface area contributed by atoms with Crippen LogP contribution in [0.25, 0.3) is 0 Å². The lowest BCUT2D eigenvalue weighted by Crippen LogP contribution is -2.15. The van der Waals surface area contributed by atoms with Crippen LogP contribution in [0.3, 0.4) is 0 Å². The fraction of sp³-hybridized carbons (Fsp3) is 0.278. The van der Waals surface area contributed by atoms with Crippen molar-refractivity contribution in [3.05, 3.63) is 52.0 Å². The van der Waals surface area contributed by atoms with Crippen LogP contribution in [0.15, 0.2) is 36.4 Å². The Kier molecular flexibility index (Phi) is 6.76. The molecule has 128 valence electrons. The van der Waals surface area contributed by atoms with Gasteiger partial charge in [-0.15, -0.1) is 0 Å². The third-order valence-corrected chi connectivity index (χ3v) is 3.93. The molecule has 0 bridgehead atoms. The number of carbonyl (C=O) groups excluding carboxylic acids is 1. The van der Waals surface area contributed by atoms with E-state index in [1.807, 2.05) is 13.8 Å². The van der Waals surface area contributed by atoms with E-state index in [1.54, 1.807) is 36.4 Å². The zero-order chi connectivity index (χ0) is 17.5. The largest absolute Gasteiger partial charge is 0.490 e. The highest BCUT2D eigenvalue weighted by atomic mass is 35.5. The summed E-state index contributed by atoms with van der Waals surface area (Å²) in [5.41, 5.74) is 1.23. The summed E-state index contributed by atoms with van der Waals surface area (Å²) in [4.78, 5) is 12.3. The standard InChI is InChI=1S/C18H19Cl2NO3/c1-3-23-16-9-8-12(10-17(16)24-4-2)21-18(22)11-13-14(19)6-5-7-15(13)20/h5-10H,3-4,11H2,1-2H3,(H,21,22). The van der Waals surface area contributed by atoms with E-state index < -0.39 is 0 Å². The Hall–Kier alpha value is -1.91. The van der Waals surface area contributed by atoms with Crippen LogP contribution in [0.1, 0.15) is 19.4 Å². The van der Waals surface area contributed by atoms with E-state index in [9.17, 15) is 4.79 Å². The van der Waals surface area contributed by atoms with Gasteiger partial charge >= 0.3 is 0 Å². The molecule has 1 amide bonds. The maximum atomic E-state index is 12.3. The van der Waals surface area contributed by atoms with Crippen molar-refractivity contribution in [2.45, 2.75) is 20.3 Å². The first-order valence-electron chi connectivity index (χ1n) is 7.67. The maximum absolute atomic E-state index is 12.3. The average Bonchev–Trinajstić information content (AvgIpc) is 2.54. The minimum absolute atomic E-state index is 0.0929. The zero-order valence-corrected chi connectivity index (χ0v) is 15.1. The molecule has 0 aliphatic heterocycles. The third-order valence-electron chi connectivity index (χ3n) is 3.23. The molecule has 6 heteroatoms.